The highest BCUT2D eigenvalue weighted by molar-refractivity contribution is 5.71. The van der Waals surface area contributed by atoms with E-state index in [1.54, 1.807) is 0 Å². The number of esters is 3. The number of rotatable bonds is 48. The van der Waals surface area contributed by atoms with Crippen LogP contribution in [-0.4, -0.2) is 37.2 Å². The smallest absolute Gasteiger partial charge is 0.306 e. The average molecular weight is 881 g/mol. The molecule has 0 fully saturated rings. The van der Waals surface area contributed by atoms with E-state index in [0.29, 0.717) is 19.3 Å². The summed E-state index contributed by atoms with van der Waals surface area (Å²) in [6, 6.07) is 0. The molecule has 1 unspecified atom stereocenters. The Balaban J connectivity index is 4.32. The molecule has 0 aliphatic heterocycles. The maximum Gasteiger partial charge on any atom is 0.306 e. The Morgan fingerprint density at radius 2 is 0.667 bits per heavy atom. The van der Waals surface area contributed by atoms with Crippen molar-refractivity contribution in [1.29, 1.82) is 0 Å². The topological polar surface area (TPSA) is 78.9 Å². The molecule has 0 aromatic heterocycles. The van der Waals surface area contributed by atoms with Crippen LogP contribution in [-0.2, 0) is 28.6 Å². The summed E-state index contributed by atoms with van der Waals surface area (Å²) in [5.74, 6) is -0.990. The maximum atomic E-state index is 12.7. The van der Waals surface area contributed by atoms with Gasteiger partial charge in [-0.05, 0) is 64.2 Å². The van der Waals surface area contributed by atoms with Gasteiger partial charge in [0.25, 0.3) is 0 Å². The number of unbranched alkanes of at least 4 members (excludes halogenated alkanes) is 27. The summed E-state index contributed by atoms with van der Waals surface area (Å²) in [4.78, 5) is 37.9. The molecule has 0 aromatic rings. The first-order valence-electron chi connectivity index (χ1n) is 26.8. The first-order valence-corrected chi connectivity index (χ1v) is 26.8. The summed E-state index contributed by atoms with van der Waals surface area (Å²) in [5, 5.41) is 0. The van der Waals surface area contributed by atoms with Crippen LogP contribution >= 0.6 is 0 Å². The van der Waals surface area contributed by atoms with Gasteiger partial charge < -0.3 is 14.2 Å². The Morgan fingerprint density at radius 3 is 1.08 bits per heavy atom. The second-order valence-corrected chi connectivity index (χ2v) is 17.8. The molecule has 0 amide bonds. The second kappa shape index (κ2) is 51.7. The van der Waals surface area contributed by atoms with E-state index in [1.807, 2.05) is 12.2 Å². The van der Waals surface area contributed by atoms with Crippen LogP contribution in [0.5, 0.6) is 0 Å². The second-order valence-electron chi connectivity index (χ2n) is 17.8. The molecule has 63 heavy (non-hydrogen) atoms. The van der Waals surface area contributed by atoms with E-state index in [-0.39, 0.29) is 37.5 Å². The van der Waals surface area contributed by atoms with Crippen LogP contribution in [0.1, 0.15) is 265 Å². The highest BCUT2D eigenvalue weighted by Gasteiger charge is 2.19. The van der Waals surface area contributed by atoms with Crippen LogP contribution in [0, 0.1) is 0 Å². The largest absolute Gasteiger partial charge is 0.462 e. The summed E-state index contributed by atoms with van der Waals surface area (Å²) in [5.41, 5.74) is 0. The van der Waals surface area contributed by atoms with Crippen molar-refractivity contribution in [2.45, 2.75) is 271 Å². The van der Waals surface area contributed by atoms with Crippen LogP contribution in [0.15, 0.2) is 60.8 Å². The molecule has 6 nitrogen and oxygen atoms in total. The van der Waals surface area contributed by atoms with E-state index >= 15 is 0 Å². The summed E-state index contributed by atoms with van der Waals surface area (Å²) in [6.07, 6.45) is 63.8. The highest BCUT2D eigenvalue weighted by Crippen LogP contribution is 2.16. The molecule has 0 aliphatic rings. The predicted molar refractivity (Wildman–Crippen MR) is 270 cm³/mol. The fourth-order valence-electron chi connectivity index (χ4n) is 7.50. The molecule has 364 valence electrons. The van der Waals surface area contributed by atoms with Crippen LogP contribution in [0.4, 0.5) is 0 Å². The lowest BCUT2D eigenvalue weighted by Crippen LogP contribution is -2.30. The van der Waals surface area contributed by atoms with Crippen LogP contribution in [0.3, 0.4) is 0 Å². The first-order chi connectivity index (χ1) is 31.0. The van der Waals surface area contributed by atoms with Crippen LogP contribution in [0.25, 0.3) is 0 Å². The van der Waals surface area contributed by atoms with Gasteiger partial charge in [0.2, 0.25) is 0 Å². The number of carbonyl (C=O) groups is 3. The zero-order chi connectivity index (χ0) is 45.8. The molecule has 0 bridgehead atoms. The maximum absolute atomic E-state index is 12.7. The van der Waals surface area contributed by atoms with Gasteiger partial charge in [0, 0.05) is 19.3 Å². The lowest BCUT2D eigenvalue weighted by Gasteiger charge is -2.18. The van der Waals surface area contributed by atoms with Gasteiger partial charge in [-0.3, -0.25) is 14.4 Å². The monoisotopic (exact) mass is 881 g/mol. The zero-order valence-corrected chi connectivity index (χ0v) is 41.6. The summed E-state index contributed by atoms with van der Waals surface area (Å²) in [7, 11) is 0. The number of hydrogen-bond donors (Lipinski definition) is 0. The molecule has 0 spiro atoms. The zero-order valence-electron chi connectivity index (χ0n) is 41.6. The first kappa shape index (κ1) is 60.1. The molecule has 0 saturated heterocycles. The van der Waals surface area contributed by atoms with Crippen molar-refractivity contribution in [2.75, 3.05) is 13.2 Å². The molecule has 0 heterocycles. The summed E-state index contributed by atoms with van der Waals surface area (Å²) >= 11 is 0. The number of hydrogen-bond acceptors (Lipinski definition) is 6. The Kier molecular flexibility index (Phi) is 49.4. The average Bonchev–Trinajstić information content (AvgIpc) is 3.28. The lowest BCUT2D eigenvalue weighted by atomic mass is 10.0. The Hall–Kier alpha value is -2.89. The van der Waals surface area contributed by atoms with Crippen molar-refractivity contribution in [1.82, 2.24) is 0 Å². The molecule has 0 aromatic carbocycles. The third kappa shape index (κ3) is 50.0. The predicted octanol–water partition coefficient (Wildman–Crippen LogP) is 17.6. The van der Waals surface area contributed by atoms with Crippen molar-refractivity contribution in [3.05, 3.63) is 60.8 Å². The quantitative estimate of drug-likeness (QED) is 0.0262. The van der Waals surface area contributed by atoms with E-state index in [2.05, 4.69) is 69.4 Å². The molecule has 0 saturated carbocycles. The van der Waals surface area contributed by atoms with Crippen molar-refractivity contribution in [3.63, 3.8) is 0 Å². The Morgan fingerprint density at radius 1 is 0.333 bits per heavy atom. The van der Waals surface area contributed by atoms with Crippen molar-refractivity contribution >= 4 is 17.9 Å². The Labute approximate surface area is 390 Å². The van der Waals surface area contributed by atoms with E-state index in [0.717, 1.165) is 77.0 Å². The molecule has 1 atom stereocenters. The van der Waals surface area contributed by atoms with Crippen molar-refractivity contribution < 1.29 is 28.6 Å². The third-order valence-electron chi connectivity index (χ3n) is 11.5. The van der Waals surface area contributed by atoms with Crippen LogP contribution in [0.2, 0.25) is 0 Å². The molecule has 0 radical (unpaired) electrons. The molecular formula is C57H100O6. The minimum absolute atomic E-state index is 0.103. The molecular weight excluding hydrogens is 781 g/mol. The van der Waals surface area contributed by atoms with Crippen molar-refractivity contribution in [2.24, 2.45) is 0 Å². The highest BCUT2D eigenvalue weighted by atomic mass is 16.6. The van der Waals surface area contributed by atoms with Gasteiger partial charge in [0.15, 0.2) is 6.10 Å². The van der Waals surface area contributed by atoms with E-state index in [4.69, 9.17) is 14.2 Å². The fourth-order valence-corrected chi connectivity index (χ4v) is 7.50. The molecule has 0 rings (SSSR count). The fraction of sp³-hybridized carbons (Fsp3) is 0.772. The van der Waals surface area contributed by atoms with Gasteiger partial charge >= 0.3 is 17.9 Å². The number of ether oxygens (including phenoxy) is 3. The number of allylic oxidation sites excluding steroid dienone is 10. The summed E-state index contributed by atoms with van der Waals surface area (Å²) < 4.78 is 16.7. The van der Waals surface area contributed by atoms with Gasteiger partial charge in [-0.1, -0.05) is 242 Å². The van der Waals surface area contributed by atoms with Gasteiger partial charge in [-0.15, -0.1) is 0 Å². The minimum atomic E-state index is -0.812. The molecule has 0 N–H and O–H groups in total. The van der Waals surface area contributed by atoms with Gasteiger partial charge in [-0.25, -0.2) is 0 Å². The van der Waals surface area contributed by atoms with E-state index in [9.17, 15) is 14.4 Å². The van der Waals surface area contributed by atoms with Crippen molar-refractivity contribution in [3.8, 4) is 0 Å². The van der Waals surface area contributed by atoms with Gasteiger partial charge in [0.1, 0.15) is 13.2 Å². The molecule has 6 heteroatoms. The lowest BCUT2D eigenvalue weighted by molar-refractivity contribution is -0.166. The van der Waals surface area contributed by atoms with Crippen LogP contribution < -0.4 is 0 Å². The SMILES string of the molecule is CC/C=C\C/C=C\C/C=C\C/C=C\CCC(=O)OC(COC(=O)CCCCCCC/C=C\CCCC)COC(=O)CCCCCCCCCCCCCCCCCCCCCCC. The Bertz CT molecular complexity index is 1150. The van der Waals surface area contributed by atoms with Gasteiger partial charge in [-0.2, -0.15) is 0 Å². The van der Waals surface area contributed by atoms with E-state index in [1.165, 1.54) is 141 Å². The van der Waals surface area contributed by atoms with E-state index < -0.39 is 6.10 Å². The minimum Gasteiger partial charge on any atom is -0.462 e. The normalized spacial score (nSPS) is 12.5. The third-order valence-corrected chi connectivity index (χ3v) is 11.5. The van der Waals surface area contributed by atoms with Gasteiger partial charge in [0.05, 0.1) is 0 Å². The number of carbonyl (C=O) groups excluding carboxylic acids is 3. The standard InChI is InChI=1S/C57H100O6/c1-4-7-10-13-16-19-22-24-25-26-27-28-29-30-31-33-35-38-41-44-47-50-56(59)62-53-54(52-61-55(58)49-46-43-40-37-34-21-18-15-12-9-6-3)63-57(60)51-48-45-42-39-36-32-23-20-17-14-11-8-5-2/h8,11,15,17-18,20,32,36,42,45,54H,4-7,9-10,12-14,16,19,21-31,33-35,37-41,43-44,46-53H2,1-3H3/b11-8-,18-15-,20-17-,36-32-,45-42-. The summed E-state index contributed by atoms with van der Waals surface area (Å²) in [6.45, 7) is 6.43. The molecule has 0 aliphatic carbocycles.